The zero-order valence-electron chi connectivity index (χ0n) is 13.7. The van der Waals surface area contributed by atoms with Crippen molar-refractivity contribution in [3.8, 4) is 5.75 Å². The zero-order valence-corrected chi connectivity index (χ0v) is 13.7. The molecule has 0 atom stereocenters. The fraction of sp³-hybridized carbons (Fsp3) is 0.353. The highest BCUT2D eigenvalue weighted by molar-refractivity contribution is 5.90. The van der Waals surface area contributed by atoms with Crippen LogP contribution in [0.2, 0.25) is 0 Å². The number of anilines is 1. The van der Waals surface area contributed by atoms with Crippen LogP contribution in [0.5, 0.6) is 5.75 Å². The molecule has 138 valence electrons. The second kappa shape index (κ2) is 7.19. The first-order valence-electron chi connectivity index (χ1n) is 8.06. The number of halogens is 3. The Morgan fingerprint density at radius 2 is 1.88 bits per heavy atom. The van der Waals surface area contributed by atoms with E-state index in [4.69, 9.17) is 0 Å². The summed E-state index contributed by atoms with van der Waals surface area (Å²) in [5, 5.41) is 6.76. The molecule has 26 heavy (non-hydrogen) atoms. The number of alkyl halides is 3. The molecule has 0 unspecified atom stereocenters. The van der Waals surface area contributed by atoms with Crippen LogP contribution in [0.25, 0.3) is 0 Å². The smallest absolute Gasteiger partial charge is 0.406 e. The van der Waals surface area contributed by atoms with Crippen molar-refractivity contribution in [2.45, 2.75) is 38.6 Å². The maximum atomic E-state index is 12.1. The van der Waals surface area contributed by atoms with Crippen LogP contribution in [0.1, 0.15) is 24.1 Å². The zero-order chi connectivity index (χ0) is 18.7. The third-order valence-corrected chi connectivity index (χ3v) is 3.94. The molecular formula is C17H16F3N3O3. The first-order chi connectivity index (χ1) is 12.3. The Balaban J connectivity index is 1.65. The van der Waals surface area contributed by atoms with Crippen molar-refractivity contribution in [3.63, 3.8) is 0 Å². The van der Waals surface area contributed by atoms with Crippen LogP contribution >= 0.6 is 0 Å². The molecule has 0 spiro atoms. The van der Waals surface area contributed by atoms with E-state index in [1.54, 1.807) is 0 Å². The largest absolute Gasteiger partial charge is 0.573 e. The summed E-state index contributed by atoms with van der Waals surface area (Å²) in [5.41, 5.74) is 1.70. The summed E-state index contributed by atoms with van der Waals surface area (Å²) < 4.78 is 41.2. The van der Waals surface area contributed by atoms with Gasteiger partial charge in [-0.2, -0.15) is 5.10 Å². The molecule has 6 nitrogen and oxygen atoms in total. The molecule has 3 rings (SSSR count). The number of amides is 1. The highest BCUT2D eigenvalue weighted by Crippen LogP contribution is 2.24. The van der Waals surface area contributed by atoms with Gasteiger partial charge in [0.1, 0.15) is 12.3 Å². The summed E-state index contributed by atoms with van der Waals surface area (Å²) in [6, 6.07) is 6.25. The van der Waals surface area contributed by atoms with Crippen LogP contribution in [0.15, 0.2) is 35.1 Å². The number of hydrogen-bond donors (Lipinski definition) is 1. The highest BCUT2D eigenvalue weighted by Gasteiger charge is 2.30. The molecule has 0 aliphatic heterocycles. The van der Waals surface area contributed by atoms with Gasteiger partial charge in [0.15, 0.2) is 0 Å². The summed E-state index contributed by atoms with van der Waals surface area (Å²) in [7, 11) is 0. The topological polar surface area (TPSA) is 73.2 Å². The quantitative estimate of drug-likeness (QED) is 0.902. The number of fused-ring (bicyclic) bond motifs is 1. The first-order valence-corrected chi connectivity index (χ1v) is 8.06. The second-order valence-electron chi connectivity index (χ2n) is 5.94. The molecule has 1 aliphatic carbocycles. The number of carbonyl (C=O) groups is 1. The van der Waals surface area contributed by atoms with Crippen molar-refractivity contribution >= 4 is 11.6 Å². The van der Waals surface area contributed by atoms with Crippen LogP contribution < -0.4 is 15.6 Å². The van der Waals surface area contributed by atoms with Crippen molar-refractivity contribution in [1.29, 1.82) is 0 Å². The molecule has 0 saturated carbocycles. The molecule has 1 heterocycles. The van der Waals surface area contributed by atoms with Gasteiger partial charge in [0, 0.05) is 11.8 Å². The second-order valence-corrected chi connectivity index (χ2v) is 5.94. The molecule has 2 aromatic rings. The minimum Gasteiger partial charge on any atom is -0.406 e. The molecule has 0 saturated heterocycles. The van der Waals surface area contributed by atoms with Crippen molar-refractivity contribution in [3.05, 3.63) is 51.9 Å². The van der Waals surface area contributed by atoms with E-state index in [0.717, 1.165) is 53.8 Å². The molecule has 1 aromatic carbocycles. The van der Waals surface area contributed by atoms with Crippen molar-refractivity contribution in [1.82, 2.24) is 9.78 Å². The van der Waals surface area contributed by atoms with E-state index < -0.39 is 12.3 Å². The van der Waals surface area contributed by atoms with Crippen LogP contribution in [0, 0.1) is 0 Å². The van der Waals surface area contributed by atoms with Crippen LogP contribution in [0.3, 0.4) is 0 Å². The number of aryl methyl sites for hydroxylation is 2. The SMILES string of the molecule is O=C(Cn1nc2c(cc1=O)CCCC2)Nc1ccc(OC(F)(F)F)cc1. The number of nitrogens with one attached hydrogen (secondary N) is 1. The molecule has 1 N–H and O–H groups in total. The van der Waals surface area contributed by atoms with Gasteiger partial charge in [-0.25, -0.2) is 4.68 Å². The molecular weight excluding hydrogens is 351 g/mol. The Bertz CT molecular complexity index is 860. The standard InChI is InChI=1S/C17H16F3N3O3/c18-17(19,20)26-13-7-5-12(6-8-13)21-15(24)10-23-16(25)9-11-3-1-2-4-14(11)22-23/h5-9H,1-4,10H2,(H,21,24). The van der Waals surface area contributed by atoms with Crippen molar-refractivity contribution < 1.29 is 22.7 Å². The molecule has 1 aliphatic rings. The van der Waals surface area contributed by atoms with Gasteiger partial charge in [-0.1, -0.05) is 0 Å². The number of benzene rings is 1. The van der Waals surface area contributed by atoms with Gasteiger partial charge in [0.25, 0.3) is 5.56 Å². The lowest BCUT2D eigenvalue weighted by atomic mass is 9.97. The Morgan fingerprint density at radius 3 is 2.58 bits per heavy atom. The Labute approximate surface area is 146 Å². The highest BCUT2D eigenvalue weighted by atomic mass is 19.4. The van der Waals surface area contributed by atoms with Crippen molar-refractivity contribution in [2.24, 2.45) is 0 Å². The van der Waals surface area contributed by atoms with Gasteiger partial charge in [0.05, 0.1) is 5.69 Å². The number of carbonyl (C=O) groups excluding carboxylic acids is 1. The van der Waals surface area contributed by atoms with Gasteiger partial charge < -0.3 is 10.1 Å². The maximum Gasteiger partial charge on any atom is 0.573 e. The predicted octanol–water partition coefficient (Wildman–Crippen LogP) is 2.66. The first kappa shape index (κ1) is 18.0. The lowest BCUT2D eigenvalue weighted by molar-refractivity contribution is -0.274. The van der Waals surface area contributed by atoms with E-state index in [1.807, 2.05) is 0 Å². The maximum absolute atomic E-state index is 12.1. The van der Waals surface area contributed by atoms with E-state index in [2.05, 4.69) is 15.2 Å². The molecule has 9 heteroatoms. The van der Waals surface area contributed by atoms with Gasteiger partial charge in [-0.3, -0.25) is 9.59 Å². The summed E-state index contributed by atoms with van der Waals surface area (Å²) in [6.45, 7) is -0.271. The minimum absolute atomic E-state index is 0.271. The third-order valence-electron chi connectivity index (χ3n) is 3.94. The van der Waals surface area contributed by atoms with E-state index in [1.165, 1.54) is 18.2 Å². The predicted molar refractivity (Wildman–Crippen MR) is 86.9 cm³/mol. The number of nitrogens with zero attached hydrogens (tertiary/aromatic N) is 2. The monoisotopic (exact) mass is 367 g/mol. The summed E-state index contributed by atoms with van der Waals surface area (Å²) in [5.74, 6) is -0.886. The van der Waals surface area contributed by atoms with E-state index in [0.29, 0.717) is 0 Å². The Morgan fingerprint density at radius 1 is 1.19 bits per heavy atom. The average molecular weight is 367 g/mol. The van der Waals surface area contributed by atoms with Crippen LogP contribution in [-0.4, -0.2) is 22.1 Å². The van der Waals surface area contributed by atoms with Gasteiger partial charge in [-0.15, -0.1) is 13.2 Å². The normalized spacial score (nSPS) is 13.8. The van der Waals surface area contributed by atoms with Gasteiger partial charge >= 0.3 is 6.36 Å². The summed E-state index contributed by atoms with van der Waals surface area (Å²) >= 11 is 0. The van der Waals surface area contributed by atoms with E-state index in [9.17, 15) is 22.8 Å². The number of rotatable bonds is 4. The fourth-order valence-electron chi connectivity index (χ4n) is 2.79. The number of aromatic nitrogens is 2. The molecule has 0 fully saturated rings. The molecule has 1 aromatic heterocycles. The van der Waals surface area contributed by atoms with Crippen LogP contribution in [-0.2, 0) is 24.2 Å². The minimum atomic E-state index is -4.77. The third kappa shape index (κ3) is 4.62. The lowest BCUT2D eigenvalue weighted by Gasteiger charge is -2.15. The molecule has 1 amide bonds. The lowest BCUT2D eigenvalue weighted by Crippen LogP contribution is -2.31. The number of hydrogen-bond acceptors (Lipinski definition) is 4. The van der Waals surface area contributed by atoms with Gasteiger partial charge in [-0.05, 0) is 55.5 Å². The van der Waals surface area contributed by atoms with Crippen molar-refractivity contribution in [2.75, 3.05) is 5.32 Å². The summed E-state index contributed by atoms with van der Waals surface area (Å²) in [6.07, 6.45) is -1.16. The average Bonchev–Trinajstić information content (AvgIpc) is 2.56. The van der Waals surface area contributed by atoms with Gasteiger partial charge in [0.2, 0.25) is 5.91 Å². The Kier molecular flexibility index (Phi) is 4.97. The van der Waals surface area contributed by atoms with E-state index >= 15 is 0 Å². The van der Waals surface area contributed by atoms with Crippen LogP contribution in [0.4, 0.5) is 18.9 Å². The number of ether oxygens (including phenoxy) is 1. The molecule has 0 radical (unpaired) electrons. The Hall–Kier alpha value is -2.84. The van der Waals surface area contributed by atoms with E-state index in [-0.39, 0.29) is 23.5 Å². The fourth-order valence-corrected chi connectivity index (χ4v) is 2.79. The molecule has 0 bridgehead atoms. The summed E-state index contributed by atoms with van der Waals surface area (Å²) in [4.78, 5) is 24.1.